The van der Waals surface area contributed by atoms with E-state index in [1.165, 1.54) is 35.2 Å². The minimum Gasteiger partial charge on any atom is -0.480 e. The highest BCUT2D eigenvalue weighted by molar-refractivity contribution is 7.97. The van der Waals surface area contributed by atoms with E-state index in [0.717, 1.165) is 38.8 Å². The molecule has 2 aliphatic rings. The monoisotopic (exact) mass is 1050 g/mol. The van der Waals surface area contributed by atoms with Crippen LogP contribution in [-0.2, 0) is 30.2 Å². The molecule has 4 aromatic rings. The fourth-order valence-electron chi connectivity index (χ4n) is 8.01. The number of anilines is 3. The van der Waals surface area contributed by atoms with E-state index in [2.05, 4.69) is 21.3 Å². The van der Waals surface area contributed by atoms with E-state index in [1.807, 2.05) is 74.1 Å². The molecule has 0 fully saturated rings. The molecule has 0 radical (unpaired) electrons. The van der Waals surface area contributed by atoms with Gasteiger partial charge in [0.15, 0.2) is 0 Å². The van der Waals surface area contributed by atoms with Gasteiger partial charge >= 0.3 is 11.9 Å². The number of hydrogen-bond acceptors (Lipinski definition) is 13. The van der Waals surface area contributed by atoms with Gasteiger partial charge in [-0.25, -0.2) is 18.7 Å². The number of hydrogen-bond donors (Lipinski definition) is 8. The Morgan fingerprint density at radius 1 is 0.689 bits per heavy atom. The van der Waals surface area contributed by atoms with Crippen LogP contribution in [-0.4, -0.2) is 140 Å². The lowest BCUT2D eigenvalue weighted by atomic mass is 9.89. The summed E-state index contributed by atoms with van der Waals surface area (Å²) in [7, 11) is 5.99. The first-order valence-corrected chi connectivity index (χ1v) is 25.6. The molecule has 74 heavy (non-hydrogen) atoms. The number of nitrogens with one attached hydrogen (secondary N) is 4. The smallest absolute Gasteiger partial charge is 0.336 e. The Morgan fingerprint density at radius 3 is 1.86 bits per heavy atom. The van der Waals surface area contributed by atoms with Gasteiger partial charge in [0.05, 0.1) is 42.7 Å². The maximum Gasteiger partial charge on any atom is 0.336 e. The Hall–Kier alpha value is -7.47. The topological polar surface area (TPSA) is 286 Å². The molecule has 4 aromatic carbocycles. The van der Waals surface area contributed by atoms with Crippen LogP contribution in [0.1, 0.15) is 40.0 Å². The van der Waals surface area contributed by atoms with Crippen LogP contribution < -0.4 is 46.4 Å². The molecule has 1 aliphatic carbocycles. The van der Waals surface area contributed by atoms with Crippen molar-refractivity contribution in [2.45, 2.75) is 29.1 Å². The number of carboxylic acids is 2. The van der Waals surface area contributed by atoms with Gasteiger partial charge in [0.1, 0.15) is 36.4 Å². The van der Waals surface area contributed by atoms with Crippen molar-refractivity contribution in [1.29, 1.82) is 0 Å². The van der Waals surface area contributed by atoms with Gasteiger partial charge in [0.25, 0.3) is 5.91 Å². The van der Waals surface area contributed by atoms with Gasteiger partial charge in [-0.1, -0.05) is 6.07 Å². The summed E-state index contributed by atoms with van der Waals surface area (Å²) in [6.07, 6.45) is 1.74. The van der Waals surface area contributed by atoms with E-state index in [0.29, 0.717) is 64.5 Å². The van der Waals surface area contributed by atoms with E-state index in [-0.39, 0.29) is 56.3 Å². The van der Waals surface area contributed by atoms with Gasteiger partial charge in [0, 0.05) is 96.4 Å². The zero-order valence-corrected chi connectivity index (χ0v) is 43.1. The van der Waals surface area contributed by atoms with Crippen molar-refractivity contribution in [2.75, 3.05) is 96.1 Å². The summed E-state index contributed by atoms with van der Waals surface area (Å²) in [6, 6.07) is 29.1. The fourth-order valence-corrected chi connectivity index (χ4v) is 8.71. The minimum atomic E-state index is -1.70. The highest BCUT2D eigenvalue weighted by atomic mass is 32.2. The molecule has 6 rings (SSSR count). The van der Waals surface area contributed by atoms with Gasteiger partial charge in [-0.2, -0.15) is 0 Å². The molecule has 0 bridgehead atoms. The van der Waals surface area contributed by atoms with E-state index in [9.17, 15) is 43.2 Å². The Kier molecular flexibility index (Phi) is 20.0. The standard InChI is InChI=1S/C52H60N10O10S2/c1-59(2)36-13-20-41-44(27-36)72-45-28-37(60(3)4)14-21-42(45)50(41)40-19-8-33(26-43(40)52(69)70)51(68)56-23-7-5-6-22-55-46(63)29-61(30-47(64)57-34-9-15-38(73-53)16-10-34)24-25-62(32-49(66)67)31-48(65)58-35-11-17-39(18-12-35)74(54)71/h8-21,26-28H,5-7,22-25,29-32,53-54H2,1-4H3,(H5-,55,56,57,58,63,64,65,66,67,68,69,70)/p+1. The molecule has 1 aliphatic heterocycles. The first-order chi connectivity index (χ1) is 35.4. The molecular formula is C52H61N10O10S2+. The van der Waals surface area contributed by atoms with E-state index < -0.39 is 47.2 Å². The van der Waals surface area contributed by atoms with Crippen LogP contribution in [0.4, 0.5) is 17.1 Å². The van der Waals surface area contributed by atoms with E-state index in [1.54, 1.807) is 41.3 Å². The van der Waals surface area contributed by atoms with Gasteiger partial charge in [0.2, 0.25) is 23.1 Å². The SMILES string of the molecule is CN(C)c1ccc2c(-c3ccc(C(=O)NCCCCCNC(=O)CN(CCN(CC(=O)O)CC(=O)Nc4ccc(S(N)=O)cc4)CC(=O)Nc4ccc(SN)cc4)cc3C(=O)O)c3ccc(=[N+](C)C)cc-3oc2c1. The number of amides is 4. The second-order valence-electron chi connectivity index (χ2n) is 17.7. The summed E-state index contributed by atoms with van der Waals surface area (Å²) >= 11 is 1.05. The van der Waals surface area contributed by atoms with Crippen LogP contribution in [0.15, 0.2) is 117 Å². The van der Waals surface area contributed by atoms with Crippen molar-refractivity contribution < 1.29 is 47.6 Å². The van der Waals surface area contributed by atoms with Crippen molar-refractivity contribution in [2.24, 2.45) is 10.3 Å². The predicted octanol–water partition coefficient (Wildman–Crippen LogP) is 3.93. The molecular weight excluding hydrogens is 989 g/mol. The first-order valence-electron chi connectivity index (χ1n) is 23.5. The zero-order valence-electron chi connectivity index (χ0n) is 41.5. The fraction of sp³-hybridized carbons (Fsp3) is 0.288. The third-order valence-electron chi connectivity index (χ3n) is 11.8. The summed E-state index contributed by atoms with van der Waals surface area (Å²) in [5, 5.41) is 44.0. The maximum atomic E-state index is 13.4. The Balaban J connectivity index is 1.04. The number of aliphatic carboxylic acids is 1. The maximum absolute atomic E-state index is 13.4. The lowest BCUT2D eigenvalue weighted by Gasteiger charge is -2.26. The Labute approximate surface area is 434 Å². The average Bonchev–Trinajstić information content (AvgIpc) is 3.36. The third-order valence-corrected chi connectivity index (χ3v) is 13.1. The lowest BCUT2D eigenvalue weighted by Crippen LogP contribution is -2.46. The Bertz CT molecular complexity index is 3070. The molecule has 20 nitrogen and oxygen atoms in total. The summed E-state index contributed by atoms with van der Waals surface area (Å²) in [6.45, 7) is -0.626. The summed E-state index contributed by atoms with van der Waals surface area (Å²) < 4.78 is 19.9. The van der Waals surface area contributed by atoms with E-state index >= 15 is 0 Å². The van der Waals surface area contributed by atoms with Crippen LogP contribution in [0.2, 0.25) is 0 Å². The number of nitrogens with two attached hydrogens (primary N) is 2. The van der Waals surface area contributed by atoms with Crippen LogP contribution in [0.25, 0.3) is 33.4 Å². The number of fused-ring (bicyclic) bond motifs is 2. The van der Waals surface area contributed by atoms with Gasteiger partial charge in [-0.15, -0.1) is 0 Å². The first kappa shape index (κ1) is 55.8. The molecule has 390 valence electrons. The quantitative estimate of drug-likeness (QED) is 0.0175. The molecule has 0 saturated carbocycles. The van der Waals surface area contributed by atoms with Crippen molar-refractivity contribution in [3.63, 3.8) is 0 Å². The predicted molar refractivity (Wildman–Crippen MR) is 287 cm³/mol. The number of rotatable bonds is 25. The second kappa shape index (κ2) is 26.5. The van der Waals surface area contributed by atoms with Crippen LogP contribution >= 0.6 is 11.9 Å². The number of carbonyl (C=O) groups excluding carboxylic acids is 4. The van der Waals surface area contributed by atoms with Crippen LogP contribution in [0.3, 0.4) is 0 Å². The zero-order chi connectivity index (χ0) is 53.5. The lowest BCUT2D eigenvalue weighted by molar-refractivity contribution is -0.139. The van der Waals surface area contributed by atoms with Crippen LogP contribution in [0, 0.1) is 0 Å². The average molecular weight is 1050 g/mol. The van der Waals surface area contributed by atoms with Crippen molar-refractivity contribution in [1.82, 2.24) is 25.0 Å². The third kappa shape index (κ3) is 15.8. The highest BCUT2D eigenvalue weighted by Gasteiger charge is 2.25. The molecule has 1 heterocycles. The number of aromatic carboxylic acids is 1. The van der Waals surface area contributed by atoms with Crippen molar-refractivity contribution in [3.05, 3.63) is 120 Å². The number of nitrogens with zero attached hydrogens (tertiary/aromatic N) is 4. The number of carboxylic acid groups (broad SMARTS) is 2. The minimum absolute atomic E-state index is 0.00915. The largest absolute Gasteiger partial charge is 0.480 e. The van der Waals surface area contributed by atoms with Crippen molar-refractivity contribution in [3.8, 4) is 22.5 Å². The molecule has 0 spiro atoms. The number of carbonyl (C=O) groups is 6. The number of benzene rings is 5. The molecule has 1 unspecified atom stereocenters. The molecule has 4 amide bonds. The summed E-state index contributed by atoms with van der Waals surface area (Å²) in [4.78, 5) is 83.5. The summed E-state index contributed by atoms with van der Waals surface area (Å²) in [5.41, 5.74) is 4.34. The van der Waals surface area contributed by atoms with Gasteiger partial charge < -0.3 is 40.8 Å². The summed E-state index contributed by atoms with van der Waals surface area (Å²) in [5.74, 6) is -3.58. The molecule has 0 saturated heterocycles. The van der Waals surface area contributed by atoms with Crippen LogP contribution in [0.5, 0.6) is 0 Å². The highest BCUT2D eigenvalue weighted by Crippen LogP contribution is 2.42. The van der Waals surface area contributed by atoms with Gasteiger partial charge in [-0.3, -0.25) is 38.9 Å². The molecule has 10 N–H and O–H groups in total. The van der Waals surface area contributed by atoms with Crippen molar-refractivity contribution >= 4 is 86.5 Å². The Morgan fingerprint density at radius 2 is 1.28 bits per heavy atom. The molecule has 22 heteroatoms. The molecule has 1 atom stereocenters. The van der Waals surface area contributed by atoms with Gasteiger partial charge in [-0.05, 0) is 116 Å². The van der Waals surface area contributed by atoms with E-state index in [4.69, 9.17) is 14.7 Å². The second-order valence-corrected chi connectivity index (χ2v) is 19.5. The molecule has 0 aromatic heterocycles. The normalized spacial score (nSPS) is 11.6. The number of unbranched alkanes of at least 4 members (excludes halogenated alkanes) is 2.